The highest BCUT2D eigenvalue weighted by molar-refractivity contribution is 5.98. The van der Waals surface area contributed by atoms with Crippen LogP contribution in [0, 0.1) is 5.92 Å². The van der Waals surface area contributed by atoms with Gasteiger partial charge in [0, 0.05) is 5.56 Å². The normalized spacial score (nSPS) is 12.0. The molecule has 0 radical (unpaired) electrons. The molecule has 0 spiro atoms. The van der Waals surface area contributed by atoms with E-state index in [-0.39, 0.29) is 17.6 Å². The number of hydrogen-bond donors (Lipinski definition) is 2. The lowest BCUT2D eigenvalue weighted by Crippen LogP contribution is -2.45. The topological polar surface area (TPSA) is 66.4 Å². The highest BCUT2D eigenvalue weighted by Gasteiger charge is 2.23. The van der Waals surface area contributed by atoms with Gasteiger partial charge in [0.1, 0.15) is 6.61 Å². The fraction of sp³-hybridized carbons (Fsp3) is 0.263. The molecule has 2 N–H and O–H groups in total. The van der Waals surface area contributed by atoms with Gasteiger partial charge in [-0.1, -0.05) is 56.3 Å². The number of aliphatic hydroxyl groups is 1. The third kappa shape index (κ3) is 4.27. The van der Waals surface area contributed by atoms with Crippen LogP contribution in [0.2, 0.25) is 0 Å². The second-order valence-electron chi connectivity index (χ2n) is 5.76. The van der Waals surface area contributed by atoms with Crippen molar-refractivity contribution < 1.29 is 14.7 Å². The lowest BCUT2D eigenvalue weighted by Gasteiger charge is -2.20. The number of nitrogens with one attached hydrogen (secondary N) is 1. The summed E-state index contributed by atoms with van der Waals surface area (Å²) in [5.74, 6) is -0.776. The Labute approximate surface area is 136 Å². The molecule has 0 saturated heterocycles. The summed E-state index contributed by atoms with van der Waals surface area (Å²) in [6.07, 6.45) is 0. The number of carbonyl (C=O) groups excluding carboxylic acids is 2. The van der Waals surface area contributed by atoms with E-state index in [0.29, 0.717) is 5.56 Å². The number of hydrogen-bond acceptors (Lipinski definition) is 3. The zero-order chi connectivity index (χ0) is 16.8. The maximum atomic E-state index is 12.3. The van der Waals surface area contributed by atoms with E-state index in [1.54, 1.807) is 12.1 Å². The van der Waals surface area contributed by atoms with E-state index in [2.05, 4.69) is 5.32 Å². The Balaban J connectivity index is 2.12. The standard InChI is InChI=1S/C19H21NO3/c1-13(2)18(17(22)12-21)20-19(23)16-10-8-15(9-11-16)14-6-4-3-5-7-14/h3-11,13,18,21H,12H2,1-2H3,(H,20,23)/t18-/m0/s1. The number of carbonyl (C=O) groups is 2. The van der Waals surface area contributed by atoms with Gasteiger partial charge in [-0.15, -0.1) is 0 Å². The average Bonchev–Trinajstić information content (AvgIpc) is 2.59. The van der Waals surface area contributed by atoms with Gasteiger partial charge in [-0.3, -0.25) is 9.59 Å². The van der Waals surface area contributed by atoms with Gasteiger partial charge in [0.15, 0.2) is 5.78 Å². The second-order valence-corrected chi connectivity index (χ2v) is 5.76. The predicted molar refractivity (Wildman–Crippen MR) is 90.1 cm³/mol. The SMILES string of the molecule is CC(C)[C@H](NC(=O)c1ccc(-c2ccccc2)cc1)C(=O)CO. The minimum Gasteiger partial charge on any atom is -0.389 e. The number of Topliss-reactive ketones (excluding diaryl/α,β-unsaturated/α-hetero) is 1. The van der Waals surface area contributed by atoms with Crippen molar-refractivity contribution in [3.63, 3.8) is 0 Å². The maximum absolute atomic E-state index is 12.3. The number of ketones is 1. The molecule has 0 saturated carbocycles. The number of benzene rings is 2. The van der Waals surface area contributed by atoms with Crippen LogP contribution >= 0.6 is 0 Å². The van der Waals surface area contributed by atoms with Crippen LogP contribution in [0.4, 0.5) is 0 Å². The molecule has 0 aromatic heterocycles. The van der Waals surface area contributed by atoms with Crippen molar-refractivity contribution in [2.45, 2.75) is 19.9 Å². The number of rotatable bonds is 6. The van der Waals surface area contributed by atoms with Crippen molar-refractivity contribution >= 4 is 11.7 Å². The Kier molecular flexibility index (Phi) is 5.66. The van der Waals surface area contributed by atoms with Crippen molar-refractivity contribution in [1.82, 2.24) is 5.32 Å². The summed E-state index contributed by atoms with van der Waals surface area (Å²) in [6.45, 7) is 3.09. The first kappa shape index (κ1) is 16.9. The van der Waals surface area contributed by atoms with Gasteiger partial charge in [-0.2, -0.15) is 0 Å². The molecule has 2 aromatic rings. The highest BCUT2D eigenvalue weighted by Crippen LogP contribution is 2.19. The van der Waals surface area contributed by atoms with Crippen molar-refractivity contribution in [3.8, 4) is 11.1 Å². The molecular formula is C19H21NO3. The van der Waals surface area contributed by atoms with E-state index in [1.807, 2.05) is 56.3 Å². The van der Waals surface area contributed by atoms with Gasteiger partial charge in [0.25, 0.3) is 5.91 Å². The van der Waals surface area contributed by atoms with Crippen molar-refractivity contribution in [2.75, 3.05) is 6.61 Å². The third-order valence-electron chi connectivity index (χ3n) is 3.71. The number of amides is 1. The molecule has 2 rings (SSSR count). The summed E-state index contributed by atoms with van der Waals surface area (Å²) in [4.78, 5) is 24.0. The monoisotopic (exact) mass is 311 g/mol. The Morgan fingerprint density at radius 3 is 2.04 bits per heavy atom. The quantitative estimate of drug-likeness (QED) is 0.862. The summed E-state index contributed by atoms with van der Waals surface area (Å²) in [5, 5.41) is 11.7. The van der Waals surface area contributed by atoms with Crippen LogP contribution in [-0.4, -0.2) is 29.4 Å². The van der Waals surface area contributed by atoms with Gasteiger partial charge in [-0.25, -0.2) is 0 Å². The molecular weight excluding hydrogens is 290 g/mol. The molecule has 1 atom stereocenters. The van der Waals surface area contributed by atoms with Crippen molar-refractivity contribution in [1.29, 1.82) is 0 Å². The van der Waals surface area contributed by atoms with Crippen molar-refractivity contribution in [2.24, 2.45) is 5.92 Å². The fourth-order valence-corrected chi connectivity index (χ4v) is 2.39. The van der Waals surface area contributed by atoms with Crippen LogP contribution in [0.25, 0.3) is 11.1 Å². The molecule has 0 unspecified atom stereocenters. The van der Waals surface area contributed by atoms with Crippen LogP contribution in [-0.2, 0) is 4.79 Å². The fourth-order valence-electron chi connectivity index (χ4n) is 2.39. The van der Waals surface area contributed by atoms with Gasteiger partial charge in [0.05, 0.1) is 6.04 Å². The molecule has 4 heteroatoms. The second kappa shape index (κ2) is 7.70. The first-order valence-electron chi connectivity index (χ1n) is 7.63. The Bertz CT molecular complexity index is 663. The molecule has 120 valence electrons. The molecule has 0 aliphatic rings. The maximum Gasteiger partial charge on any atom is 0.251 e. The van der Waals surface area contributed by atoms with E-state index < -0.39 is 12.6 Å². The first-order chi connectivity index (χ1) is 11.0. The molecule has 2 aromatic carbocycles. The van der Waals surface area contributed by atoms with Crippen LogP contribution in [0.15, 0.2) is 54.6 Å². The molecule has 1 amide bonds. The zero-order valence-corrected chi connectivity index (χ0v) is 13.3. The van der Waals surface area contributed by atoms with Gasteiger partial charge in [0.2, 0.25) is 0 Å². The van der Waals surface area contributed by atoms with E-state index in [0.717, 1.165) is 11.1 Å². The number of aliphatic hydroxyl groups excluding tert-OH is 1. The third-order valence-corrected chi connectivity index (χ3v) is 3.71. The minimum absolute atomic E-state index is 0.0813. The molecule has 23 heavy (non-hydrogen) atoms. The van der Waals surface area contributed by atoms with E-state index in [4.69, 9.17) is 5.11 Å². The molecule has 0 aliphatic carbocycles. The summed E-state index contributed by atoms with van der Waals surface area (Å²) in [6, 6.07) is 16.4. The van der Waals surface area contributed by atoms with E-state index in [9.17, 15) is 9.59 Å². The first-order valence-corrected chi connectivity index (χ1v) is 7.63. The van der Waals surface area contributed by atoms with Gasteiger partial charge >= 0.3 is 0 Å². The predicted octanol–water partition coefficient (Wildman–Crippen LogP) is 2.67. The average molecular weight is 311 g/mol. The van der Waals surface area contributed by atoms with Crippen LogP contribution in [0.5, 0.6) is 0 Å². The largest absolute Gasteiger partial charge is 0.389 e. The summed E-state index contributed by atoms with van der Waals surface area (Å²) < 4.78 is 0. The Morgan fingerprint density at radius 2 is 1.52 bits per heavy atom. The Morgan fingerprint density at radius 1 is 0.957 bits per heavy atom. The minimum atomic E-state index is -0.679. The lowest BCUT2D eigenvalue weighted by molar-refractivity contribution is -0.124. The highest BCUT2D eigenvalue weighted by atomic mass is 16.3. The van der Waals surface area contributed by atoms with Gasteiger partial charge in [-0.05, 0) is 29.2 Å². The summed E-state index contributed by atoms with van der Waals surface area (Å²) in [7, 11) is 0. The smallest absolute Gasteiger partial charge is 0.251 e. The molecule has 0 fully saturated rings. The van der Waals surface area contributed by atoms with Crippen LogP contribution in [0.1, 0.15) is 24.2 Å². The zero-order valence-electron chi connectivity index (χ0n) is 13.3. The van der Waals surface area contributed by atoms with E-state index >= 15 is 0 Å². The summed E-state index contributed by atoms with van der Waals surface area (Å²) >= 11 is 0. The van der Waals surface area contributed by atoms with Crippen molar-refractivity contribution in [3.05, 3.63) is 60.2 Å². The molecule has 0 aliphatic heterocycles. The van der Waals surface area contributed by atoms with E-state index in [1.165, 1.54) is 0 Å². The van der Waals surface area contributed by atoms with Crippen LogP contribution < -0.4 is 5.32 Å². The lowest BCUT2D eigenvalue weighted by atomic mass is 9.99. The summed E-state index contributed by atoms with van der Waals surface area (Å²) in [5.41, 5.74) is 2.59. The Hall–Kier alpha value is -2.46. The molecule has 0 heterocycles. The molecule has 0 bridgehead atoms. The van der Waals surface area contributed by atoms with Crippen LogP contribution in [0.3, 0.4) is 0 Å². The molecule has 4 nitrogen and oxygen atoms in total. The van der Waals surface area contributed by atoms with Gasteiger partial charge < -0.3 is 10.4 Å².